The van der Waals surface area contributed by atoms with Gasteiger partial charge in [0.15, 0.2) is 0 Å². The van der Waals surface area contributed by atoms with Crippen molar-refractivity contribution in [2.75, 3.05) is 0 Å². The molecule has 28 heavy (non-hydrogen) atoms. The number of esters is 1. The molecule has 2 aromatic heterocycles. The van der Waals surface area contributed by atoms with Gasteiger partial charge in [0.25, 0.3) is 0 Å². The number of thiophene rings is 1. The second-order valence-corrected chi connectivity index (χ2v) is 9.88. The molecule has 7 heteroatoms. The number of fused-ring (bicyclic) bond motifs is 1. The summed E-state index contributed by atoms with van der Waals surface area (Å²) in [5, 5.41) is 1.01. The summed E-state index contributed by atoms with van der Waals surface area (Å²) in [7, 11) is 0. The van der Waals surface area contributed by atoms with Crippen LogP contribution in [0.5, 0.6) is 0 Å². The van der Waals surface area contributed by atoms with Gasteiger partial charge in [0, 0.05) is 32.9 Å². The molecular formula is C21H20Cl2N2O2S. The fraction of sp³-hybridized carbons (Fsp3) is 0.333. The van der Waals surface area contributed by atoms with Crippen LogP contribution in [-0.2, 0) is 24.1 Å². The highest BCUT2D eigenvalue weighted by atomic mass is 35.5. The Kier molecular flexibility index (Phi) is 5.25. The highest BCUT2D eigenvalue weighted by Crippen LogP contribution is 2.41. The van der Waals surface area contributed by atoms with Gasteiger partial charge in [-0.05, 0) is 42.0 Å². The molecule has 0 saturated heterocycles. The predicted molar refractivity (Wildman–Crippen MR) is 112 cm³/mol. The first kappa shape index (κ1) is 19.5. The molecule has 0 radical (unpaired) electrons. The molecule has 0 N–H and O–H groups in total. The number of carbonyl (C=O) groups excluding carboxylic acids is 1. The van der Waals surface area contributed by atoms with Gasteiger partial charge in [-0.3, -0.25) is 0 Å². The quantitative estimate of drug-likeness (QED) is 0.464. The van der Waals surface area contributed by atoms with E-state index in [4.69, 9.17) is 27.9 Å². The fourth-order valence-corrected chi connectivity index (χ4v) is 5.47. The lowest BCUT2D eigenvalue weighted by Gasteiger charge is -2.20. The maximum Gasteiger partial charge on any atom is 0.348 e. The first-order valence-corrected chi connectivity index (χ1v) is 10.6. The molecule has 0 bridgehead atoms. The third-order valence-corrected chi connectivity index (χ3v) is 6.62. The van der Waals surface area contributed by atoms with Gasteiger partial charge in [0.2, 0.25) is 0 Å². The molecule has 1 atom stereocenters. The number of hydrogen-bond donors (Lipinski definition) is 0. The zero-order valence-electron chi connectivity index (χ0n) is 15.6. The van der Waals surface area contributed by atoms with Gasteiger partial charge in [-0.2, -0.15) is 0 Å². The average molecular weight is 435 g/mol. The van der Waals surface area contributed by atoms with E-state index in [2.05, 4.69) is 18.8 Å². The van der Waals surface area contributed by atoms with Crippen molar-refractivity contribution >= 4 is 40.5 Å². The minimum absolute atomic E-state index is 0.268. The lowest BCUT2D eigenvalue weighted by Crippen LogP contribution is -2.17. The van der Waals surface area contributed by atoms with E-state index in [1.165, 1.54) is 21.8 Å². The molecule has 0 aliphatic heterocycles. The molecule has 1 aliphatic rings. The van der Waals surface area contributed by atoms with E-state index < -0.39 is 6.10 Å². The van der Waals surface area contributed by atoms with Crippen LogP contribution in [0.15, 0.2) is 43.0 Å². The molecule has 0 fully saturated rings. The molecule has 1 aromatic carbocycles. The second-order valence-electron chi connectivity index (χ2n) is 7.90. The third-order valence-electron chi connectivity index (χ3n) is 4.90. The summed E-state index contributed by atoms with van der Waals surface area (Å²) in [5.74, 6) is -0.326. The van der Waals surface area contributed by atoms with Crippen molar-refractivity contribution in [3.05, 3.63) is 73.9 Å². The Morgan fingerprint density at radius 3 is 2.82 bits per heavy atom. The van der Waals surface area contributed by atoms with E-state index in [0.29, 0.717) is 21.5 Å². The SMILES string of the molecule is CC1(C)Cc2cc(C(=O)OC(Cn3ccnc3)c3ccc(Cl)cc3Cl)sc2C1. The normalized spacial score (nSPS) is 16.0. The monoisotopic (exact) mass is 434 g/mol. The van der Waals surface area contributed by atoms with Crippen LogP contribution in [0, 0.1) is 5.41 Å². The lowest BCUT2D eigenvalue weighted by atomic mass is 9.91. The largest absolute Gasteiger partial charge is 0.451 e. The van der Waals surface area contributed by atoms with E-state index in [1.807, 2.05) is 16.8 Å². The highest BCUT2D eigenvalue weighted by molar-refractivity contribution is 7.14. The molecule has 1 unspecified atom stereocenters. The minimum atomic E-state index is -0.542. The molecule has 0 saturated carbocycles. The Bertz CT molecular complexity index is 986. The Hall–Kier alpha value is -1.82. The number of halogens is 2. The molecule has 3 aromatic rings. The molecule has 0 amide bonds. The van der Waals surface area contributed by atoms with Crippen molar-refractivity contribution in [1.82, 2.24) is 9.55 Å². The van der Waals surface area contributed by atoms with Crippen LogP contribution in [0.4, 0.5) is 0 Å². The molecule has 4 rings (SSSR count). The maximum absolute atomic E-state index is 12.9. The van der Waals surface area contributed by atoms with E-state index in [-0.39, 0.29) is 11.4 Å². The van der Waals surface area contributed by atoms with Gasteiger partial charge >= 0.3 is 5.97 Å². The van der Waals surface area contributed by atoms with E-state index in [9.17, 15) is 4.79 Å². The molecular weight excluding hydrogens is 415 g/mol. The van der Waals surface area contributed by atoms with Gasteiger partial charge in [0.1, 0.15) is 11.0 Å². The number of aromatic nitrogens is 2. The summed E-state index contributed by atoms with van der Waals surface area (Å²) in [5.41, 5.74) is 2.25. The lowest BCUT2D eigenvalue weighted by molar-refractivity contribution is 0.0261. The van der Waals surface area contributed by atoms with E-state index in [0.717, 1.165) is 18.4 Å². The van der Waals surface area contributed by atoms with Crippen LogP contribution in [0.3, 0.4) is 0 Å². The highest BCUT2D eigenvalue weighted by Gasteiger charge is 2.32. The summed E-state index contributed by atoms with van der Waals surface area (Å²) >= 11 is 14.0. The van der Waals surface area contributed by atoms with Crippen LogP contribution in [-0.4, -0.2) is 15.5 Å². The topological polar surface area (TPSA) is 44.1 Å². The van der Waals surface area contributed by atoms with Crippen molar-refractivity contribution < 1.29 is 9.53 Å². The molecule has 0 spiro atoms. The Morgan fingerprint density at radius 2 is 2.14 bits per heavy atom. The number of rotatable bonds is 5. The van der Waals surface area contributed by atoms with E-state index >= 15 is 0 Å². The summed E-state index contributed by atoms with van der Waals surface area (Å²) in [6, 6.07) is 7.19. The number of carbonyl (C=O) groups is 1. The molecule has 4 nitrogen and oxygen atoms in total. The summed E-state index contributed by atoms with van der Waals surface area (Å²) in [6.07, 6.45) is 6.65. The maximum atomic E-state index is 12.9. The Morgan fingerprint density at radius 1 is 1.32 bits per heavy atom. The van der Waals surface area contributed by atoms with Crippen molar-refractivity contribution in [1.29, 1.82) is 0 Å². The van der Waals surface area contributed by atoms with Crippen molar-refractivity contribution in [2.24, 2.45) is 5.41 Å². The Balaban J connectivity index is 1.58. The third kappa shape index (κ3) is 4.12. The van der Waals surface area contributed by atoms with Crippen LogP contribution < -0.4 is 0 Å². The van der Waals surface area contributed by atoms with Crippen LogP contribution >= 0.6 is 34.5 Å². The Labute approximate surface area is 178 Å². The van der Waals surface area contributed by atoms with Gasteiger partial charge in [-0.1, -0.05) is 43.1 Å². The zero-order chi connectivity index (χ0) is 19.9. The predicted octanol–water partition coefficient (Wildman–Crippen LogP) is 5.97. The molecule has 146 valence electrons. The first-order valence-electron chi connectivity index (χ1n) is 9.04. The molecule has 2 heterocycles. The summed E-state index contributed by atoms with van der Waals surface area (Å²) < 4.78 is 7.76. The minimum Gasteiger partial charge on any atom is -0.451 e. The molecule has 1 aliphatic carbocycles. The van der Waals surface area contributed by atoms with Gasteiger partial charge in [-0.15, -0.1) is 11.3 Å². The van der Waals surface area contributed by atoms with Crippen molar-refractivity contribution in [3.63, 3.8) is 0 Å². The number of ether oxygens (including phenoxy) is 1. The van der Waals surface area contributed by atoms with Crippen LogP contribution in [0.2, 0.25) is 10.0 Å². The summed E-state index contributed by atoms with van der Waals surface area (Å²) in [4.78, 5) is 18.9. The standard InChI is InChI=1S/C21H20Cl2N2O2S/c1-21(2)9-13-7-18(28-19(13)10-21)20(26)27-17(11-25-6-5-24-12-25)15-4-3-14(22)8-16(15)23/h3-8,12,17H,9-11H2,1-2H3. The van der Waals surface area contributed by atoms with Crippen molar-refractivity contribution in [2.45, 2.75) is 39.3 Å². The number of hydrogen-bond acceptors (Lipinski definition) is 4. The second kappa shape index (κ2) is 7.54. The number of nitrogens with zero attached hydrogens (tertiary/aromatic N) is 2. The van der Waals surface area contributed by atoms with Crippen molar-refractivity contribution in [3.8, 4) is 0 Å². The summed E-state index contributed by atoms with van der Waals surface area (Å²) in [6.45, 7) is 4.92. The van der Waals surface area contributed by atoms with Gasteiger partial charge < -0.3 is 9.30 Å². The first-order chi connectivity index (χ1) is 13.3. The smallest absolute Gasteiger partial charge is 0.348 e. The number of imidazole rings is 1. The fourth-order valence-electron chi connectivity index (χ4n) is 3.61. The van der Waals surface area contributed by atoms with Crippen LogP contribution in [0.25, 0.3) is 0 Å². The van der Waals surface area contributed by atoms with E-state index in [1.54, 1.807) is 30.7 Å². The van der Waals surface area contributed by atoms with Crippen LogP contribution in [0.1, 0.15) is 45.6 Å². The average Bonchev–Trinajstić information content (AvgIpc) is 3.29. The van der Waals surface area contributed by atoms with Gasteiger partial charge in [0.05, 0.1) is 12.9 Å². The number of benzene rings is 1. The van der Waals surface area contributed by atoms with Gasteiger partial charge in [-0.25, -0.2) is 9.78 Å². The zero-order valence-corrected chi connectivity index (χ0v) is 17.9.